The fraction of sp³-hybridized carbons (Fsp3) is 0.275. The van der Waals surface area contributed by atoms with Crippen LogP contribution in [0.2, 0.25) is 5.02 Å². The highest BCUT2D eigenvalue weighted by molar-refractivity contribution is 7.92. The molecule has 4 aromatic heterocycles. The van der Waals surface area contributed by atoms with E-state index in [4.69, 9.17) is 16.6 Å². The van der Waals surface area contributed by atoms with Crippen molar-refractivity contribution in [2.75, 3.05) is 17.2 Å². The Balaban J connectivity index is 1.27. The Kier molecular flexibility index (Phi) is 10.4. The second-order valence-electron chi connectivity index (χ2n) is 15.8. The van der Waals surface area contributed by atoms with Gasteiger partial charge in [0.1, 0.15) is 35.4 Å². The van der Waals surface area contributed by atoms with Gasteiger partial charge in [0.2, 0.25) is 30.9 Å². The van der Waals surface area contributed by atoms with Crippen molar-refractivity contribution in [3.8, 4) is 16.9 Å². The van der Waals surface area contributed by atoms with Gasteiger partial charge in [-0.1, -0.05) is 17.7 Å². The molecule has 25 heteroatoms. The smallest absolute Gasteiger partial charge is 0.293 e. The van der Waals surface area contributed by atoms with Gasteiger partial charge in [0, 0.05) is 49.0 Å². The molecule has 9 rings (SSSR count). The highest BCUT2D eigenvalue weighted by atomic mass is 35.5. The molecule has 4 heterocycles. The Morgan fingerprint density at radius 2 is 1.71 bits per heavy atom. The molecule has 65 heavy (non-hydrogen) atoms. The number of hydrogen-bond donors (Lipinski definition) is 2. The molecular weight excluding hydrogens is 930 g/mol. The summed E-state index contributed by atoms with van der Waals surface area (Å²) in [6.45, 7) is -1.04. The second kappa shape index (κ2) is 15.4. The molecule has 3 atom stereocenters. The molecule has 7 aromatic rings. The molecule has 2 aliphatic carbocycles. The van der Waals surface area contributed by atoms with E-state index in [2.05, 4.69) is 30.2 Å². The number of carbonyl (C=O) groups excluding carboxylic acids is 1. The van der Waals surface area contributed by atoms with E-state index in [-0.39, 0.29) is 73.0 Å². The maximum atomic E-state index is 15.6. The number of sulfone groups is 1. The summed E-state index contributed by atoms with van der Waals surface area (Å²) in [5.41, 5.74) is -2.72. The molecule has 0 bridgehead atoms. The molecule has 0 aliphatic heterocycles. The van der Waals surface area contributed by atoms with Crippen molar-refractivity contribution in [3.05, 3.63) is 116 Å². The van der Waals surface area contributed by atoms with Crippen LogP contribution in [0.1, 0.15) is 53.1 Å². The van der Waals surface area contributed by atoms with Gasteiger partial charge in [-0.05, 0) is 60.4 Å². The minimum atomic E-state index is -3.95. The highest BCUT2D eigenvalue weighted by Gasteiger charge is 2.67. The van der Waals surface area contributed by atoms with Crippen molar-refractivity contribution in [1.29, 1.82) is 0 Å². The average Bonchev–Trinajstić information content (AvgIpc) is 3.75. The van der Waals surface area contributed by atoms with Crippen molar-refractivity contribution in [1.82, 2.24) is 44.4 Å². The van der Waals surface area contributed by atoms with E-state index >= 15 is 13.6 Å². The first-order chi connectivity index (χ1) is 30.5. The largest absolute Gasteiger partial charge is 0.344 e. The highest BCUT2D eigenvalue weighted by Crippen LogP contribution is 2.68. The van der Waals surface area contributed by atoms with Gasteiger partial charge in [-0.25, -0.2) is 49.3 Å². The number of benzene rings is 3. The molecule has 338 valence electrons. The lowest BCUT2D eigenvalue weighted by Gasteiger charge is -2.24. The Labute approximate surface area is 368 Å². The van der Waals surface area contributed by atoms with Crippen LogP contribution in [-0.2, 0) is 50.6 Å². The summed E-state index contributed by atoms with van der Waals surface area (Å²) >= 11 is 6.62. The van der Waals surface area contributed by atoms with Gasteiger partial charge in [-0.2, -0.15) is 19.0 Å². The quantitative estimate of drug-likeness (QED) is 0.109. The predicted molar refractivity (Wildman–Crippen MR) is 222 cm³/mol. The van der Waals surface area contributed by atoms with Crippen LogP contribution >= 0.6 is 11.6 Å². The Morgan fingerprint density at radius 1 is 0.985 bits per heavy atom. The minimum absolute atomic E-state index is 0.0150. The average molecular weight is 961 g/mol. The second-order valence-corrected chi connectivity index (χ2v) is 19.8. The molecule has 0 radical (unpaired) electrons. The molecule has 1 saturated carbocycles. The summed E-state index contributed by atoms with van der Waals surface area (Å²) in [5, 5.41) is 10.0. The van der Waals surface area contributed by atoms with Crippen LogP contribution in [0, 0.1) is 17.6 Å². The number of aryl methyl sites for hydroxylation is 1. The van der Waals surface area contributed by atoms with Gasteiger partial charge < -0.3 is 5.32 Å². The molecule has 2 aliphatic rings. The van der Waals surface area contributed by atoms with Crippen LogP contribution in [0.15, 0.2) is 70.7 Å². The minimum Gasteiger partial charge on any atom is -0.344 e. The first-order valence-electron chi connectivity index (χ1n) is 19.2. The lowest BCUT2D eigenvalue weighted by atomic mass is 10.0. The molecule has 16 nitrogen and oxygen atoms in total. The van der Waals surface area contributed by atoms with Crippen LogP contribution in [-0.4, -0.2) is 74.3 Å². The zero-order valence-corrected chi connectivity index (χ0v) is 36.1. The predicted octanol–water partition coefficient (Wildman–Crippen LogP) is 5.88. The third kappa shape index (κ3) is 7.85. The molecule has 1 amide bonds. The van der Waals surface area contributed by atoms with Crippen LogP contribution in [0.3, 0.4) is 0 Å². The Hall–Kier alpha value is -6.40. The number of carbonyl (C=O) groups is 1. The summed E-state index contributed by atoms with van der Waals surface area (Å²) in [7, 11) is -6.42. The molecule has 0 spiro atoms. The van der Waals surface area contributed by atoms with Crippen LogP contribution < -0.4 is 15.6 Å². The number of nitrogens with zero attached hydrogens (tertiary/aromatic N) is 8. The monoisotopic (exact) mass is 960 g/mol. The summed E-state index contributed by atoms with van der Waals surface area (Å²) < 4.78 is 143. The number of fused-ring (bicyclic) bond motifs is 5. The first kappa shape index (κ1) is 43.8. The maximum Gasteiger partial charge on any atom is 0.293 e. The fourth-order valence-electron chi connectivity index (χ4n) is 8.42. The number of amides is 1. The number of rotatable bonds is 12. The van der Waals surface area contributed by atoms with Crippen molar-refractivity contribution >= 4 is 65.0 Å². The number of anilines is 1. The van der Waals surface area contributed by atoms with E-state index in [1.54, 1.807) is 0 Å². The van der Waals surface area contributed by atoms with Gasteiger partial charge >= 0.3 is 0 Å². The molecule has 2 N–H and O–H groups in total. The normalized spacial score (nSPS) is 17.1. The van der Waals surface area contributed by atoms with Crippen LogP contribution in [0.5, 0.6) is 0 Å². The van der Waals surface area contributed by atoms with Crippen molar-refractivity contribution in [2.24, 2.45) is 13.0 Å². The maximum absolute atomic E-state index is 15.6. The molecular formula is C40H31ClF6N10O6S2. The zero-order valence-electron chi connectivity index (χ0n) is 33.7. The SMILES string of the molecule is Cn1nc(NS(C)(=O)=O)c2c(Cl)ccc(-n3c([C@H](Cc4cc(F)cc(F)c4)NC(=O)Cn4nc(C(F)F)c5c4C(F)(F)[C@@H]4C[C@H]54)nc4cc(-c5ccnc(S(C)(=O)=O)n5)ccc4c3=O)c21. The third-order valence-electron chi connectivity index (χ3n) is 11.1. The van der Waals surface area contributed by atoms with Gasteiger partial charge in [0.25, 0.3) is 17.9 Å². The van der Waals surface area contributed by atoms with E-state index in [0.717, 1.165) is 29.2 Å². The van der Waals surface area contributed by atoms with Gasteiger partial charge in [0.05, 0.1) is 50.5 Å². The summed E-state index contributed by atoms with van der Waals surface area (Å²) in [6, 6.07) is 9.11. The van der Waals surface area contributed by atoms with Crippen molar-refractivity contribution < 1.29 is 48.0 Å². The lowest BCUT2D eigenvalue weighted by Crippen LogP contribution is -2.38. The van der Waals surface area contributed by atoms with Crippen molar-refractivity contribution in [3.63, 3.8) is 0 Å². The van der Waals surface area contributed by atoms with E-state index in [1.165, 1.54) is 54.3 Å². The number of alkyl halides is 4. The fourth-order valence-corrected chi connectivity index (χ4v) is 9.67. The van der Waals surface area contributed by atoms with Gasteiger partial charge in [-0.3, -0.25) is 28.2 Å². The van der Waals surface area contributed by atoms with E-state index < -0.39 is 103 Å². The number of nitrogens with one attached hydrogen (secondary N) is 2. The van der Waals surface area contributed by atoms with E-state index in [1.807, 2.05) is 0 Å². The standard InChI is InChI=1S/C40H31ClF6N10O6S2/c1-55-33-28(7-6-24(41)31(33)36(53-55)54-65(3,62)63)57-37(50-26-13-18(4-5-21(26)38(57)59)25-8-9-48-39(51-25)64(2,60)61)27(12-17-10-19(42)14-20(43)11-17)49-29(58)16-56-34-30(32(52-56)35(44)45)22-15-23(22)40(34,46)47/h4-11,13-14,22-23,27,35H,12,15-16H2,1-3H3,(H,49,58)(H,53,54)/t22-,23+,27-/m0/s1. The van der Waals surface area contributed by atoms with Crippen LogP contribution in [0.4, 0.5) is 32.2 Å². The number of aromatic nitrogens is 8. The van der Waals surface area contributed by atoms with Crippen LogP contribution in [0.25, 0.3) is 38.8 Å². The van der Waals surface area contributed by atoms with Gasteiger partial charge in [0.15, 0.2) is 5.82 Å². The topological polar surface area (TPSA) is 206 Å². The van der Waals surface area contributed by atoms with Gasteiger partial charge in [-0.15, -0.1) is 0 Å². The number of halogens is 7. The molecule has 0 unspecified atom stereocenters. The van der Waals surface area contributed by atoms with E-state index in [0.29, 0.717) is 10.7 Å². The summed E-state index contributed by atoms with van der Waals surface area (Å²) in [4.78, 5) is 42.0. The zero-order chi connectivity index (χ0) is 46.7. The van der Waals surface area contributed by atoms with E-state index in [9.17, 15) is 39.2 Å². The third-order valence-corrected chi connectivity index (χ3v) is 12.8. The molecule has 1 fully saturated rings. The number of hydrogen-bond acceptors (Lipinski definition) is 11. The molecule has 3 aromatic carbocycles. The molecule has 0 saturated heterocycles. The Bertz CT molecular complexity index is 3450. The summed E-state index contributed by atoms with van der Waals surface area (Å²) in [5.74, 6) is -9.44. The first-order valence-corrected chi connectivity index (χ1v) is 23.4. The van der Waals surface area contributed by atoms with Crippen molar-refractivity contribution in [2.45, 2.75) is 48.9 Å². The summed E-state index contributed by atoms with van der Waals surface area (Å²) in [6.07, 6.45) is -0.830. The lowest BCUT2D eigenvalue weighted by molar-refractivity contribution is -0.123. The Morgan fingerprint density at radius 3 is 2.38 bits per heavy atom. The number of sulfonamides is 1.